The van der Waals surface area contributed by atoms with Crippen molar-refractivity contribution in [2.75, 3.05) is 0 Å². The van der Waals surface area contributed by atoms with E-state index in [2.05, 4.69) is 106 Å². The van der Waals surface area contributed by atoms with E-state index in [4.69, 9.17) is 4.98 Å². The zero-order valence-corrected chi connectivity index (χ0v) is 28.6. The Kier molecular flexibility index (Phi) is 11.8. The van der Waals surface area contributed by atoms with Crippen LogP contribution in [0.5, 0.6) is 0 Å². The van der Waals surface area contributed by atoms with Crippen molar-refractivity contribution >= 4 is 29.9 Å². The molecule has 3 nitrogen and oxygen atoms in total. The van der Waals surface area contributed by atoms with Crippen molar-refractivity contribution in [2.24, 2.45) is 11.8 Å². The molecule has 3 aromatic carbocycles. The summed E-state index contributed by atoms with van der Waals surface area (Å²) in [6.45, 7) is 18.8. The molecule has 1 radical (unpaired) electrons. The summed E-state index contributed by atoms with van der Waals surface area (Å²) in [5.74, 6) is 0.161. The summed E-state index contributed by atoms with van der Waals surface area (Å²) in [4.78, 5) is 16.2. The van der Waals surface area contributed by atoms with Crippen molar-refractivity contribution in [3.63, 3.8) is 0 Å². The van der Waals surface area contributed by atoms with E-state index in [1.54, 1.807) is 0 Å². The normalized spacial score (nSPS) is 11.7. The third-order valence-corrected chi connectivity index (χ3v) is 8.60. The number of carbonyl (C=O) groups is 1. The number of rotatable bonds is 6. The Hall–Kier alpha value is -2.85. The number of pyridine rings is 1. The molecule has 5 heteroatoms. The minimum absolute atomic E-state index is 0. The minimum atomic E-state index is -1.62. The predicted octanol–water partition coefficient (Wildman–Crippen LogP) is 8.84. The van der Waals surface area contributed by atoms with Gasteiger partial charge in [-0.2, -0.15) is 0 Å². The Morgan fingerprint density at radius 2 is 1.55 bits per heavy atom. The van der Waals surface area contributed by atoms with Crippen LogP contribution in [-0.2, 0) is 24.9 Å². The number of benzene rings is 3. The van der Waals surface area contributed by atoms with E-state index < -0.39 is 8.07 Å². The number of aliphatic hydroxyl groups is 1. The van der Waals surface area contributed by atoms with Crippen molar-refractivity contribution in [3.05, 3.63) is 95.8 Å². The number of fused-ring (bicyclic) bond motifs is 1. The Balaban J connectivity index is 0.000000400. The monoisotopic (exact) mass is 729 g/mol. The second-order valence-electron chi connectivity index (χ2n) is 11.9. The molecule has 0 aliphatic carbocycles. The maximum Gasteiger partial charge on any atom is 0.161 e. The summed E-state index contributed by atoms with van der Waals surface area (Å²) in [5.41, 5.74) is 8.17. The molecule has 1 heterocycles. The summed E-state index contributed by atoms with van der Waals surface area (Å²) in [6, 6.07) is 27.4. The van der Waals surface area contributed by atoms with E-state index in [9.17, 15) is 9.90 Å². The molecule has 0 atom stereocenters. The molecule has 0 bridgehead atoms. The molecule has 4 aromatic rings. The number of nitrogens with zero attached hydrogens (tertiary/aromatic N) is 1. The topological polar surface area (TPSA) is 50.2 Å². The minimum Gasteiger partial charge on any atom is -0.512 e. The fourth-order valence-electron chi connectivity index (χ4n) is 4.34. The summed E-state index contributed by atoms with van der Waals surface area (Å²) in [6.07, 6.45) is 1.31. The van der Waals surface area contributed by atoms with Crippen LogP contribution in [0.15, 0.2) is 78.6 Å². The number of hydrogen-bond acceptors (Lipinski definition) is 3. The largest absolute Gasteiger partial charge is 0.512 e. The second-order valence-corrected chi connectivity index (χ2v) is 16.9. The van der Waals surface area contributed by atoms with Crippen molar-refractivity contribution < 1.29 is 30.0 Å². The van der Waals surface area contributed by atoms with Gasteiger partial charge in [0.2, 0.25) is 0 Å². The van der Waals surface area contributed by atoms with Crippen LogP contribution in [0.25, 0.3) is 33.3 Å². The van der Waals surface area contributed by atoms with Crippen LogP contribution in [0.1, 0.15) is 38.8 Å². The average molecular weight is 729 g/mol. The Morgan fingerprint density at radius 3 is 2.10 bits per heavy atom. The van der Waals surface area contributed by atoms with Crippen molar-refractivity contribution in [1.82, 2.24) is 4.98 Å². The Labute approximate surface area is 255 Å². The smallest absolute Gasteiger partial charge is 0.161 e. The summed E-state index contributed by atoms with van der Waals surface area (Å²) in [5, 5.41) is 11.8. The van der Waals surface area contributed by atoms with E-state index in [1.807, 2.05) is 27.7 Å². The first-order chi connectivity index (χ1) is 18.3. The van der Waals surface area contributed by atoms with Crippen molar-refractivity contribution in [2.45, 2.75) is 61.2 Å². The fourth-order valence-corrected chi connectivity index (χ4v) is 5.82. The van der Waals surface area contributed by atoms with Gasteiger partial charge in [0.1, 0.15) is 0 Å². The zero-order valence-electron chi connectivity index (χ0n) is 25.2. The van der Waals surface area contributed by atoms with Gasteiger partial charge in [0.25, 0.3) is 0 Å². The number of aliphatic hydroxyl groups excluding tert-OH is 1. The molecular weight excluding hydrogens is 687 g/mol. The quantitative estimate of drug-likeness (QED) is 0.0935. The molecule has 4 rings (SSSR count). The summed E-state index contributed by atoms with van der Waals surface area (Å²) < 4.78 is 0. The number of carbonyl (C=O) groups excluding carboxylic acids is 1. The third-order valence-electron chi connectivity index (χ3n) is 6.61. The van der Waals surface area contributed by atoms with Crippen LogP contribution in [-0.4, -0.2) is 23.9 Å². The van der Waals surface area contributed by atoms with Crippen LogP contribution in [0.2, 0.25) is 19.6 Å². The summed E-state index contributed by atoms with van der Waals surface area (Å²) in [7, 11) is -1.62. The maximum atomic E-state index is 11.0. The van der Waals surface area contributed by atoms with Gasteiger partial charge in [-0.25, -0.2) is 0 Å². The van der Waals surface area contributed by atoms with Crippen LogP contribution >= 0.6 is 0 Å². The SMILES string of the molecule is CC(C)C(=O)/C=C(\O)C(C)C.Cc1[c-]c(-c2nc3cccc(-c4ccccc4)c3cc2[Si](C)(C)C)cc(C)c1.[Ir]. The Bertz CT molecular complexity index is 1460. The third kappa shape index (κ3) is 8.57. The molecule has 0 unspecified atom stereocenters. The van der Waals surface area contributed by atoms with Crippen LogP contribution < -0.4 is 5.19 Å². The van der Waals surface area contributed by atoms with Gasteiger partial charge in [-0.15, -0.1) is 34.9 Å². The van der Waals surface area contributed by atoms with E-state index >= 15 is 0 Å². The van der Waals surface area contributed by atoms with Crippen LogP contribution in [0.4, 0.5) is 0 Å². The molecule has 0 amide bonds. The first-order valence-electron chi connectivity index (χ1n) is 13.7. The van der Waals surface area contributed by atoms with E-state index in [0.29, 0.717) is 0 Å². The number of ketones is 1. The molecule has 0 saturated carbocycles. The van der Waals surface area contributed by atoms with Gasteiger partial charge >= 0.3 is 0 Å². The summed E-state index contributed by atoms with van der Waals surface area (Å²) >= 11 is 0. The van der Waals surface area contributed by atoms with Crippen molar-refractivity contribution in [3.8, 4) is 22.4 Å². The first-order valence-corrected chi connectivity index (χ1v) is 17.2. The standard InChI is InChI=1S/C26H26NSi.C9H16O2.Ir/c1-18-14-19(2)16-21(15-18)26-25(28(3,4)5)17-23-22(12-9-13-24(23)27-26)20-10-7-6-8-11-20;1-6(2)8(10)5-9(11)7(3)4;/h6-15,17H,1-5H3;5-7,10H,1-4H3;/q-1;;/b;8-5-;. The van der Waals surface area contributed by atoms with Gasteiger partial charge in [-0.3, -0.25) is 9.78 Å². The van der Waals surface area contributed by atoms with Gasteiger partial charge in [0.05, 0.1) is 19.3 Å². The average Bonchev–Trinajstić information content (AvgIpc) is 2.87. The molecule has 40 heavy (non-hydrogen) atoms. The van der Waals surface area contributed by atoms with Gasteiger partial charge in [-0.05, 0) is 22.9 Å². The molecule has 0 aliphatic heterocycles. The zero-order chi connectivity index (χ0) is 28.9. The molecular formula is C35H42IrNO2Si-. The number of aryl methyl sites for hydroxylation is 2. The van der Waals surface area contributed by atoms with Crippen LogP contribution in [0.3, 0.4) is 0 Å². The predicted molar refractivity (Wildman–Crippen MR) is 169 cm³/mol. The molecule has 0 saturated heterocycles. The van der Waals surface area contributed by atoms with E-state index in [0.717, 1.165) is 22.3 Å². The molecule has 213 valence electrons. The molecule has 0 fully saturated rings. The number of hydrogen-bond donors (Lipinski definition) is 1. The molecule has 0 aliphatic rings. The number of aromatic nitrogens is 1. The van der Waals surface area contributed by atoms with Crippen molar-refractivity contribution in [1.29, 1.82) is 0 Å². The van der Waals surface area contributed by atoms with Gasteiger partial charge in [0.15, 0.2) is 5.78 Å². The molecule has 1 aromatic heterocycles. The van der Waals surface area contributed by atoms with Crippen LogP contribution in [0, 0.1) is 31.7 Å². The second kappa shape index (κ2) is 14.2. The molecule has 0 spiro atoms. The van der Waals surface area contributed by atoms with Gasteiger partial charge in [0, 0.05) is 43.4 Å². The maximum absolute atomic E-state index is 11.0. The Morgan fingerprint density at radius 1 is 0.900 bits per heavy atom. The first kappa shape index (κ1) is 33.4. The fraction of sp³-hybridized carbons (Fsp3) is 0.314. The molecule has 1 N–H and O–H groups in total. The number of allylic oxidation sites excluding steroid dienone is 2. The van der Waals surface area contributed by atoms with Gasteiger partial charge < -0.3 is 5.11 Å². The van der Waals surface area contributed by atoms with E-state index in [-0.39, 0.29) is 43.5 Å². The van der Waals surface area contributed by atoms with E-state index in [1.165, 1.54) is 33.3 Å². The van der Waals surface area contributed by atoms with Gasteiger partial charge in [-0.1, -0.05) is 115 Å².